The first-order valence-electron chi connectivity index (χ1n) is 9.41. The Morgan fingerprint density at radius 2 is 2.07 bits per heavy atom. The van der Waals surface area contributed by atoms with Gasteiger partial charge in [0.2, 0.25) is 5.91 Å². The van der Waals surface area contributed by atoms with E-state index in [1.165, 1.54) is 17.6 Å². The molecule has 8 heteroatoms. The van der Waals surface area contributed by atoms with Crippen molar-refractivity contribution in [3.05, 3.63) is 64.1 Å². The first-order chi connectivity index (χ1) is 14.0. The maximum atomic E-state index is 12.5. The number of hydrogen-bond donors (Lipinski definition) is 2. The molecule has 1 aliphatic heterocycles. The number of carbonyl (C=O) groups excluding carboxylic acids is 2. The Bertz CT molecular complexity index is 1040. The first-order valence-corrected chi connectivity index (χ1v) is 10.2. The van der Waals surface area contributed by atoms with E-state index in [1.54, 1.807) is 12.1 Å². The van der Waals surface area contributed by atoms with Gasteiger partial charge in [-0.1, -0.05) is 12.1 Å². The van der Waals surface area contributed by atoms with Crippen molar-refractivity contribution in [1.29, 1.82) is 0 Å². The largest absolute Gasteiger partial charge is 0.459 e. The van der Waals surface area contributed by atoms with Crippen molar-refractivity contribution in [2.45, 2.75) is 26.8 Å². The molecular weight excluding hydrogens is 388 g/mol. The Hall–Kier alpha value is -2.97. The van der Waals surface area contributed by atoms with Crippen LogP contribution in [0.3, 0.4) is 0 Å². The molecule has 2 aromatic heterocycles. The highest BCUT2D eigenvalue weighted by Gasteiger charge is 2.23. The SMILES string of the molecule is Cc1cccc(NC(=O)CN2CCc3nc(NC(=O)c4ccco4)sc3C2)c1C. The Morgan fingerprint density at radius 3 is 2.86 bits per heavy atom. The van der Waals surface area contributed by atoms with Gasteiger partial charge in [0, 0.05) is 30.1 Å². The summed E-state index contributed by atoms with van der Waals surface area (Å²) in [5, 5.41) is 6.34. The minimum absolute atomic E-state index is 0.0296. The first kappa shape index (κ1) is 19.4. The number of aromatic nitrogens is 1. The molecule has 1 aliphatic rings. The lowest BCUT2D eigenvalue weighted by molar-refractivity contribution is -0.117. The molecule has 29 heavy (non-hydrogen) atoms. The number of anilines is 2. The van der Waals surface area contributed by atoms with Crippen LogP contribution in [-0.2, 0) is 17.8 Å². The van der Waals surface area contributed by atoms with Crippen molar-refractivity contribution in [2.75, 3.05) is 23.7 Å². The van der Waals surface area contributed by atoms with E-state index in [0.29, 0.717) is 18.2 Å². The zero-order valence-corrected chi connectivity index (χ0v) is 17.1. The van der Waals surface area contributed by atoms with E-state index >= 15 is 0 Å². The van der Waals surface area contributed by atoms with E-state index in [4.69, 9.17) is 4.42 Å². The lowest BCUT2D eigenvalue weighted by Gasteiger charge is -2.25. The van der Waals surface area contributed by atoms with Gasteiger partial charge in [0.15, 0.2) is 10.9 Å². The maximum Gasteiger partial charge on any atom is 0.293 e. The number of thiazole rings is 1. The average Bonchev–Trinajstić information content (AvgIpc) is 3.34. The zero-order valence-electron chi connectivity index (χ0n) is 16.3. The molecule has 0 unspecified atom stereocenters. The highest BCUT2D eigenvalue weighted by molar-refractivity contribution is 7.15. The Labute approximate surface area is 172 Å². The molecule has 3 aromatic rings. The summed E-state index contributed by atoms with van der Waals surface area (Å²) in [5.41, 5.74) is 4.07. The number of carbonyl (C=O) groups is 2. The molecule has 0 atom stereocenters. The van der Waals surface area contributed by atoms with Gasteiger partial charge in [-0.15, -0.1) is 11.3 Å². The van der Waals surface area contributed by atoms with Crippen molar-refractivity contribution in [2.24, 2.45) is 0 Å². The second-order valence-electron chi connectivity index (χ2n) is 7.08. The minimum atomic E-state index is -0.314. The van der Waals surface area contributed by atoms with E-state index in [1.807, 2.05) is 32.0 Å². The van der Waals surface area contributed by atoms with Gasteiger partial charge in [-0.25, -0.2) is 4.98 Å². The summed E-state index contributed by atoms with van der Waals surface area (Å²) >= 11 is 1.44. The number of benzene rings is 1. The molecule has 4 rings (SSSR count). The molecule has 2 amide bonds. The fourth-order valence-electron chi connectivity index (χ4n) is 3.28. The molecule has 150 valence electrons. The summed E-state index contributed by atoms with van der Waals surface area (Å²) in [7, 11) is 0. The number of aryl methyl sites for hydroxylation is 1. The van der Waals surface area contributed by atoms with Crippen LogP contribution < -0.4 is 10.6 Å². The zero-order chi connectivity index (χ0) is 20.4. The molecule has 3 heterocycles. The van der Waals surface area contributed by atoms with Crippen LogP contribution in [0.5, 0.6) is 0 Å². The fraction of sp³-hybridized carbons (Fsp3) is 0.286. The number of fused-ring (bicyclic) bond motifs is 1. The monoisotopic (exact) mass is 410 g/mol. The highest BCUT2D eigenvalue weighted by atomic mass is 32.1. The maximum absolute atomic E-state index is 12.5. The molecule has 0 radical (unpaired) electrons. The van der Waals surface area contributed by atoms with Crippen LogP contribution in [0.4, 0.5) is 10.8 Å². The van der Waals surface area contributed by atoms with E-state index in [9.17, 15) is 9.59 Å². The normalized spacial score (nSPS) is 13.7. The van der Waals surface area contributed by atoms with E-state index in [0.717, 1.165) is 40.4 Å². The number of rotatable bonds is 5. The van der Waals surface area contributed by atoms with Crippen LogP contribution >= 0.6 is 11.3 Å². The van der Waals surface area contributed by atoms with E-state index in [-0.39, 0.29) is 17.6 Å². The molecule has 0 bridgehead atoms. The molecular formula is C21H22N4O3S. The molecule has 0 fully saturated rings. The van der Waals surface area contributed by atoms with Crippen LogP contribution in [-0.4, -0.2) is 34.8 Å². The number of amides is 2. The quantitative estimate of drug-likeness (QED) is 0.671. The molecule has 2 N–H and O–H groups in total. The van der Waals surface area contributed by atoms with Gasteiger partial charge in [0.1, 0.15) is 0 Å². The Balaban J connectivity index is 1.36. The number of nitrogens with zero attached hydrogens (tertiary/aromatic N) is 2. The molecule has 1 aromatic carbocycles. The summed E-state index contributed by atoms with van der Waals surface area (Å²) in [4.78, 5) is 32.3. The second kappa shape index (κ2) is 8.18. The van der Waals surface area contributed by atoms with Crippen LogP contribution in [0.15, 0.2) is 41.0 Å². The Kier molecular flexibility index (Phi) is 5.46. The predicted octanol–water partition coefficient (Wildman–Crippen LogP) is 3.60. The lowest BCUT2D eigenvalue weighted by Crippen LogP contribution is -2.36. The summed E-state index contributed by atoms with van der Waals surface area (Å²) in [6.07, 6.45) is 2.21. The average molecular weight is 410 g/mol. The predicted molar refractivity (Wildman–Crippen MR) is 112 cm³/mol. The van der Waals surface area contributed by atoms with Gasteiger partial charge in [-0.2, -0.15) is 0 Å². The van der Waals surface area contributed by atoms with Gasteiger partial charge >= 0.3 is 0 Å². The van der Waals surface area contributed by atoms with Gasteiger partial charge in [0.05, 0.1) is 18.5 Å². The van der Waals surface area contributed by atoms with Crippen LogP contribution in [0.2, 0.25) is 0 Å². The summed E-state index contributed by atoms with van der Waals surface area (Å²) in [6.45, 7) is 5.75. The number of furan rings is 1. The highest BCUT2D eigenvalue weighted by Crippen LogP contribution is 2.28. The van der Waals surface area contributed by atoms with Gasteiger partial charge in [-0.05, 0) is 43.2 Å². The summed E-state index contributed by atoms with van der Waals surface area (Å²) in [5.74, 6) is -0.0909. The molecule has 7 nitrogen and oxygen atoms in total. The summed E-state index contributed by atoms with van der Waals surface area (Å²) in [6, 6.07) is 9.18. The standard InChI is InChI=1S/C21H22N4O3S/c1-13-5-3-6-15(14(13)2)22-19(26)12-25-9-8-16-18(11-25)29-21(23-16)24-20(27)17-7-4-10-28-17/h3-7,10H,8-9,11-12H2,1-2H3,(H,22,26)(H,23,24,27). The van der Waals surface area contributed by atoms with Gasteiger partial charge in [-0.3, -0.25) is 19.8 Å². The van der Waals surface area contributed by atoms with Gasteiger partial charge < -0.3 is 9.73 Å². The van der Waals surface area contributed by atoms with Crippen molar-refractivity contribution < 1.29 is 14.0 Å². The molecule has 0 aliphatic carbocycles. The fourth-order valence-corrected chi connectivity index (χ4v) is 4.33. The third-order valence-corrected chi connectivity index (χ3v) is 6.02. The van der Waals surface area contributed by atoms with Crippen LogP contribution in [0.1, 0.15) is 32.3 Å². The van der Waals surface area contributed by atoms with E-state index < -0.39 is 0 Å². The molecule has 0 spiro atoms. The molecule has 0 saturated heterocycles. The Morgan fingerprint density at radius 1 is 1.21 bits per heavy atom. The summed E-state index contributed by atoms with van der Waals surface area (Å²) < 4.78 is 5.11. The third-order valence-electron chi connectivity index (χ3n) is 5.02. The minimum Gasteiger partial charge on any atom is -0.459 e. The van der Waals surface area contributed by atoms with Crippen molar-refractivity contribution >= 4 is 34.0 Å². The smallest absolute Gasteiger partial charge is 0.293 e. The van der Waals surface area contributed by atoms with Crippen molar-refractivity contribution in [3.8, 4) is 0 Å². The van der Waals surface area contributed by atoms with E-state index in [2.05, 4.69) is 20.5 Å². The topological polar surface area (TPSA) is 87.5 Å². The van der Waals surface area contributed by atoms with Gasteiger partial charge in [0.25, 0.3) is 5.91 Å². The number of nitrogens with one attached hydrogen (secondary N) is 2. The van der Waals surface area contributed by atoms with Crippen molar-refractivity contribution in [3.63, 3.8) is 0 Å². The number of hydrogen-bond acceptors (Lipinski definition) is 6. The lowest BCUT2D eigenvalue weighted by atomic mass is 10.1. The van der Waals surface area contributed by atoms with Crippen LogP contribution in [0.25, 0.3) is 0 Å². The van der Waals surface area contributed by atoms with Crippen LogP contribution in [0, 0.1) is 13.8 Å². The molecule has 0 saturated carbocycles. The van der Waals surface area contributed by atoms with Crippen molar-refractivity contribution in [1.82, 2.24) is 9.88 Å². The second-order valence-corrected chi connectivity index (χ2v) is 8.16. The third kappa shape index (κ3) is 4.38.